The quantitative estimate of drug-likeness (QED) is 0.771. The predicted molar refractivity (Wildman–Crippen MR) is 116 cm³/mol. The van der Waals surface area contributed by atoms with Crippen LogP contribution in [0, 0.1) is 5.82 Å². The lowest BCUT2D eigenvalue weighted by Crippen LogP contribution is -2.55. The molecule has 0 amide bonds. The van der Waals surface area contributed by atoms with Crippen molar-refractivity contribution in [3.63, 3.8) is 0 Å². The molecule has 0 saturated carbocycles. The maximum atomic E-state index is 14.1. The number of aromatic nitrogens is 2. The van der Waals surface area contributed by atoms with Crippen LogP contribution in [-0.2, 0) is 13.0 Å². The summed E-state index contributed by atoms with van der Waals surface area (Å²) in [5.41, 5.74) is 1.98. The van der Waals surface area contributed by atoms with Gasteiger partial charge in [0.2, 0.25) is 0 Å². The van der Waals surface area contributed by atoms with Gasteiger partial charge in [0.1, 0.15) is 11.6 Å². The van der Waals surface area contributed by atoms with Crippen molar-refractivity contribution in [2.24, 2.45) is 0 Å². The molecule has 0 radical (unpaired) electrons. The van der Waals surface area contributed by atoms with Crippen LogP contribution in [0.2, 0.25) is 0 Å². The Labute approximate surface area is 173 Å². The molecule has 2 fully saturated rings. The Hall–Kier alpha value is -1.92. The number of imidazole rings is 1. The highest BCUT2D eigenvalue weighted by Crippen LogP contribution is 2.23. The van der Waals surface area contributed by atoms with E-state index in [4.69, 9.17) is 0 Å². The Kier molecular flexibility index (Phi) is 6.82. The van der Waals surface area contributed by atoms with Gasteiger partial charge in [-0.15, -0.1) is 0 Å². The Bertz CT molecular complexity index is 768. The fraction of sp³-hybridized carbons (Fsp3) is 0.609. The highest BCUT2D eigenvalue weighted by atomic mass is 19.1. The van der Waals surface area contributed by atoms with E-state index in [1.807, 2.05) is 18.3 Å². The molecule has 158 valence electrons. The van der Waals surface area contributed by atoms with Crippen molar-refractivity contribution >= 4 is 5.69 Å². The van der Waals surface area contributed by atoms with Gasteiger partial charge in [-0.25, -0.2) is 9.37 Å². The van der Waals surface area contributed by atoms with E-state index < -0.39 is 0 Å². The van der Waals surface area contributed by atoms with Crippen molar-refractivity contribution in [2.75, 3.05) is 44.2 Å². The lowest BCUT2D eigenvalue weighted by molar-refractivity contribution is 0.0880. The number of H-pyrrole nitrogens is 1. The second-order valence-corrected chi connectivity index (χ2v) is 8.46. The fourth-order valence-electron chi connectivity index (χ4n) is 4.71. The number of halogens is 1. The highest BCUT2D eigenvalue weighted by molar-refractivity contribution is 5.48. The summed E-state index contributed by atoms with van der Waals surface area (Å²) in [6.45, 7) is 9.28. The van der Waals surface area contributed by atoms with Gasteiger partial charge in [0.15, 0.2) is 0 Å². The zero-order valence-corrected chi connectivity index (χ0v) is 17.6. The van der Waals surface area contributed by atoms with Gasteiger partial charge in [-0.3, -0.25) is 9.80 Å². The van der Waals surface area contributed by atoms with Crippen LogP contribution in [0.15, 0.2) is 30.5 Å². The van der Waals surface area contributed by atoms with Crippen molar-refractivity contribution in [2.45, 2.75) is 51.6 Å². The number of anilines is 1. The standard InChI is InChI=1S/C23H34FN5/c1-2-3-10-23-25-16-19(26-23)17-27-11-6-7-20(18-27)28-12-14-29(15-13-28)22-9-5-4-8-21(22)24/h4-5,8-9,16,20H,2-3,6-7,10-15,17-18H2,1H3,(H,25,26)/t20-/m0/s1. The maximum Gasteiger partial charge on any atom is 0.146 e. The maximum absolute atomic E-state index is 14.1. The first-order valence-corrected chi connectivity index (χ1v) is 11.2. The largest absolute Gasteiger partial charge is 0.367 e. The Morgan fingerprint density at radius 3 is 2.76 bits per heavy atom. The van der Waals surface area contributed by atoms with Crippen molar-refractivity contribution in [1.82, 2.24) is 19.8 Å². The highest BCUT2D eigenvalue weighted by Gasteiger charge is 2.28. The smallest absolute Gasteiger partial charge is 0.146 e. The van der Waals surface area contributed by atoms with Gasteiger partial charge in [-0.05, 0) is 37.9 Å². The first-order valence-electron chi connectivity index (χ1n) is 11.2. The molecule has 29 heavy (non-hydrogen) atoms. The molecule has 2 aliphatic heterocycles. The van der Waals surface area contributed by atoms with E-state index in [0.29, 0.717) is 6.04 Å². The van der Waals surface area contributed by atoms with Crippen LogP contribution in [0.5, 0.6) is 0 Å². The van der Waals surface area contributed by atoms with Gasteiger partial charge in [-0.1, -0.05) is 25.5 Å². The molecular formula is C23H34FN5. The summed E-state index contributed by atoms with van der Waals surface area (Å²) in [6.07, 6.45) is 7.97. The summed E-state index contributed by atoms with van der Waals surface area (Å²) in [5.74, 6) is 1.02. The van der Waals surface area contributed by atoms with E-state index in [1.54, 1.807) is 12.1 Å². The third-order valence-electron chi connectivity index (χ3n) is 6.35. The molecule has 2 aliphatic rings. The van der Waals surface area contributed by atoms with Crippen LogP contribution in [0.25, 0.3) is 0 Å². The molecule has 5 nitrogen and oxygen atoms in total. The van der Waals surface area contributed by atoms with E-state index in [1.165, 1.54) is 31.4 Å². The zero-order chi connectivity index (χ0) is 20.1. The molecule has 1 aromatic carbocycles. The van der Waals surface area contributed by atoms with Crippen LogP contribution in [0.4, 0.5) is 10.1 Å². The first-order chi connectivity index (χ1) is 14.2. The van der Waals surface area contributed by atoms with Gasteiger partial charge in [0, 0.05) is 63.6 Å². The third kappa shape index (κ3) is 5.17. The number of aromatic amines is 1. The Balaban J connectivity index is 1.28. The molecule has 3 heterocycles. The number of nitrogens with zero attached hydrogens (tertiary/aromatic N) is 4. The lowest BCUT2D eigenvalue weighted by Gasteiger charge is -2.44. The summed E-state index contributed by atoms with van der Waals surface area (Å²) >= 11 is 0. The van der Waals surface area contributed by atoms with E-state index in [0.717, 1.165) is 63.7 Å². The predicted octanol–water partition coefficient (Wildman–Crippen LogP) is 3.68. The topological polar surface area (TPSA) is 38.4 Å². The number of aryl methyl sites for hydroxylation is 1. The number of piperidine rings is 1. The molecular weight excluding hydrogens is 365 g/mol. The number of hydrogen-bond acceptors (Lipinski definition) is 4. The minimum Gasteiger partial charge on any atom is -0.367 e. The van der Waals surface area contributed by atoms with E-state index in [2.05, 4.69) is 31.6 Å². The molecule has 4 rings (SSSR count). The van der Waals surface area contributed by atoms with Gasteiger partial charge in [0.25, 0.3) is 0 Å². The summed E-state index contributed by atoms with van der Waals surface area (Å²) in [7, 11) is 0. The number of piperazine rings is 1. The van der Waals surface area contributed by atoms with Gasteiger partial charge < -0.3 is 9.88 Å². The first kappa shape index (κ1) is 20.4. The van der Waals surface area contributed by atoms with Crippen molar-refractivity contribution in [1.29, 1.82) is 0 Å². The summed E-state index contributed by atoms with van der Waals surface area (Å²) in [4.78, 5) is 15.4. The van der Waals surface area contributed by atoms with Crippen LogP contribution in [0.1, 0.15) is 44.1 Å². The lowest BCUT2D eigenvalue weighted by atomic mass is 10.0. The average molecular weight is 400 g/mol. The summed E-state index contributed by atoms with van der Waals surface area (Å²) in [6, 6.07) is 7.75. The zero-order valence-electron chi connectivity index (χ0n) is 17.6. The van der Waals surface area contributed by atoms with Crippen LogP contribution in [0.3, 0.4) is 0 Å². The summed E-state index contributed by atoms with van der Waals surface area (Å²) in [5, 5.41) is 0. The number of rotatable bonds is 7. The molecule has 0 spiro atoms. The van der Waals surface area contributed by atoms with Crippen molar-refractivity contribution in [3.8, 4) is 0 Å². The second-order valence-electron chi connectivity index (χ2n) is 8.46. The van der Waals surface area contributed by atoms with Gasteiger partial charge >= 0.3 is 0 Å². The molecule has 0 unspecified atom stereocenters. The monoisotopic (exact) mass is 399 g/mol. The van der Waals surface area contributed by atoms with E-state index in [9.17, 15) is 4.39 Å². The number of nitrogens with one attached hydrogen (secondary N) is 1. The van der Waals surface area contributed by atoms with Crippen LogP contribution < -0.4 is 4.90 Å². The normalized spacial score (nSPS) is 21.6. The minimum atomic E-state index is -0.109. The SMILES string of the molecule is CCCCc1ncc(CN2CCC[C@H](N3CCN(c4ccccc4F)CC3)C2)[nH]1. The molecule has 0 bridgehead atoms. The van der Waals surface area contributed by atoms with Gasteiger partial charge in [-0.2, -0.15) is 0 Å². The molecule has 2 aromatic rings. The number of likely N-dealkylation sites (tertiary alicyclic amines) is 1. The second kappa shape index (κ2) is 9.72. The molecule has 6 heteroatoms. The van der Waals surface area contributed by atoms with Gasteiger partial charge in [0.05, 0.1) is 5.69 Å². The average Bonchev–Trinajstić information content (AvgIpc) is 3.20. The third-order valence-corrected chi connectivity index (χ3v) is 6.35. The van der Waals surface area contributed by atoms with Crippen LogP contribution in [-0.4, -0.2) is 65.1 Å². The number of unbranched alkanes of at least 4 members (excludes halogenated alkanes) is 1. The van der Waals surface area contributed by atoms with E-state index >= 15 is 0 Å². The van der Waals surface area contributed by atoms with Crippen LogP contribution >= 0.6 is 0 Å². The Morgan fingerprint density at radius 2 is 1.97 bits per heavy atom. The molecule has 2 saturated heterocycles. The minimum absolute atomic E-state index is 0.109. The molecule has 1 N–H and O–H groups in total. The molecule has 1 atom stereocenters. The number of hydrogen-bond donors (Lipinski definition) is 1. The molecule has 0 aliphatic carbocycles. The number of benzene rings is 1. The Morgan fingerprint density at radius 1 is 1.14 bits per heavy atom. The van der Waals surface area contributed by atoms with E-state index in [-0.39, 0.29) is 5.82 Å². The summed E-state index contributed by atoms with van der Waals surface area (Å²) < 4.78 is 14.1. The fourth-order valence-corrected chi connectivity index (χ4v) is 4.71. The van der Waals surface area contributed by atoms with Crippen molar-refractivity contribution in [3.05, 3.63) is 47.8 Å². The van der Waals surface area contributed by atoms with Crippen molar-refractivity contribution < 1.29 is 4.39 Å². The molecule has 1 aromatic heterocycles. The number of para-hydroxylation sites is 1.